The molecule has 1 heterocycles. The zero-order valence-corrected chi connectivity index (χ0v) is 14.4. The van der Waals surface area contributed by atoms with E-state index >= 15 is 0 Å². The molecule has 0 fully saturated rings. The second-order valence-corrected chi connectivity index (χ2v) is 6.11. The van der Waals surface area contributed by atoms with Gasteiger partial charge < -0.3 is 5.32 Å². The third-order valence-corrected chi connectivity index (χ3v) is 4.37. The molecule has 25 heavy (non-hydrogen) atoms. The second kappa shape index (κ2) is 7.30. The van der Waals surface area contributed by atoms with Gasteiger partial charge in [0, 0.05) is 5.39 Å². The Kier molecular flexibility index (Phi) is 4.93. The lowest BCUT2D eigenvalue weighted by molar-refractivity contribution is -0.121. The summed E-state index contributed by atoms with van der Waals surface area (Å²) in [5, 5.41) is 10.8. The molecule has 0 aliphatic rings. The highest BCUT2D eigenvalue weighted by atomic mass is 16.1. The highest BCUT2D eigenvalue weighted by molar-refractivity contribution is 5.88. The summed E-state index contributed by atoms with van der Waals surface area (Å²) in [5.74, 6) is -0.128. The molecular weight excluding hydrogens is 314 g/mol. The lowest BCUT2D eigenvalue weighted by atomic mass is 10.0. The lowest BCUT2D eigenvalue weighted by Crippen LogP contribution is -2.29. The SMILES string of the molecule is CCc1ccc(C(C)NC(=O)Cc2n[nH]c(=O)c3ccccc23)cc1. The first-order valence-electron chi connectivity index (χ1n) is 8.43. The molecular formula is C20H21N3O2. The number of benzene rings is 2. The van der Waals surface area contributed by atoms with Gasteiger partial charge in [-0.3, -0.25) is 9.59 Å². The predicted molar refractivity (Wildman–Crippen MR) is 98.4 cm³/mol. The zero-order valence-electron chi connectivity index (χ0n) is 14.4. The monoisotopic (exact) mass is 335 g/mol. The van der Waals surface area contributed by atoms with Gasteiger partial charge in [0.1, 0.15) is 0 Å². The minimum Gasteiger partial charge on any atom is -0.349 e. The van der Waals surface area contributed by atoms with Crippen LogP contribution in [0.4, 0.5) is 0 Å². The number of nitrogens with one attached hydrogen (secondary N) is 2. The first kappa shape index (κ1) is 16.9. The van der Waals surface area contributed by atoms with Crippen LogP contribution in [-0.4, -0.2) is 16.1 Å². The van der Waals surface area contributed by atoms with Gasteiger partial charge in [0.2, 0.25) is 5.91 Å². The molecule has 0 saturated heterocycles. The first-order chi connectivity index (χ1) is 12.1. The van der Waals surface area contributed by atoms with Crippen LogP contribution in [0.1, 0.15) is 36.7 Å². The molecule has 5 nitrogen and oxygen atoms in total. The number of hydrogen-bond acceptors (Lipinski definition) is 3. The van der Waals surface area contributed by atoms with Crippen molar-refractivity contribution in [2.45, 2.75) is 32.7 Å². The Morgan fingerprint density at radius 3 is 2.48 bits per heavy atom. The first-order valence-corrected chi connectivity index (χ1v) is 8.43. The van der Waals surface area contributed by atoms with Crippen LogP contribution < -0.4 is 10.9 Å². The van der Waals surface area contributed by atoms with Crippen molar-refractivity contribution < 1.29 is 4.79 Å². The fourth-order valence-electron chi connectivity index (χ4n) is 2.88. The third kappa shape index (κ3) is 3.76. The van der Waals surface area contributed by atoms with Gasteiger partial charge >= 0.3 is 0 Å². The number of aromatic nitrogens is 2. The summed E-state index contributed by atoms with van der Waals surface area (Å²) in [5.41, 5.74) is 2.65. The number of nitrogens with zero attached hydrogens (tertiary/aromatic N) is 1. The molecule has 0 bridgehead atoms. The molecule has 2 N–H and O–H groups in total. The Morgan fingerprint density at radius 2 is 1.80 bits per heavy atom. The zero-order chi connectivity index (χ0) is 17.8. The number of rotatable bonds is 5. The summed E-state index contributed by atoms with van der Waals surface area (Å²) >= 11 is 0. The molecule has 0 aliphatic carbocycles. The van der Waals surface area contributed by atoms with E-state index in [9.17, 15) is 9.59 Å². The van der Waals surface area contributed by atoms with Crippen molar-refractivity contribution in [2.75, 3.05) is 0 Å². The number of H-pyrrole nitrogens is 1. The molecule has 3 rings (SSSR count). The number of aromatic amines is 1. The summed E-state index contributed by atoms with van der Waals surface area (Å²) in [6.07, 6.45) is 1.11. The van der Waals surface area contributed by atoms with Crippen LogP contribution in [0.2, 0.25) is 0 Å². The van der Waals surface area contributed by atoms with Gasteiger partial charge in [0.25, 0.3) is 5.56 Å². The maximum absolute atomic E-state index is 12.4. The van der Waals surface area contributed by atoms with Crippen LogP contribution >= 0.6 is 0 Å². The number of hydrogen-bond donors (Lipinski definition) is 2. The second-order valence-electron chi connectivity index (χ2n) is 6.11. The maximum Gasteiger partial charge on any atom is 0.272 e. The largest absolute Gasteiger partial charge is 0.349 e. The van der Waals surface area contributed by atoms with Gasteiger partial charge in [-0.05, 0) is 30.5 Å². The molecule has 0 aliphatic heterocycles. The number of carbonyl (C=O) groups excluding carboxylic acids is 1. The van der Waals surface area contributed by atoms with Crippen molar-refractivity contribution >= 4 is 16.7 Å². The topological polar surface area (TPSA) is 74.8 Å². The minimum atomic E-state index is -0.246. The van der Waals surface area contributed by atoms with Crippen molar-refractivity contribution in [2.24, 2.45) is 0 Å². The molecule has 0 spiro atoms. The van der Waals surface area contributed by atoms with Crippen LogP contribution in [0.3, 0.4) is 0 Å². The van der Waals surface area contributed by atoms with Crippen molar-refractivity contribution in [1.29, 1.82) is 0 Å². The van der Waals surface area contributed by atoms with Gasteiger partial charge in [-0.1, -0.05) is 49.4 Å². The van der Waals surface area contributed by atoms with Crippen molar-refractivity contribution in [3.63, 3.8) is 0 Å². The summed E-state index contributed by atoms with van der Waals surface area (Å²) in [7, 11) is 0. The van der Waals surface area contributed by atoms with Crippen LogP contribution in [0, 0.1) is 0 Å². The van der Waals surface area contributed by atoms with E-state index in [1.54, 1.807) is 12.1 Å². The van der Waals surface area contributed by atoms with Crippen LogP contribution in [0.15, 0.2) is 53.3 Å². The maximum atomic E-state index is 12.4. The standard InChI is InChI=1S/C20H21N3O2/c1-3-14-8-10-15(11-9-14)13(2)21-19(24)12-18-16-6-4-5-7-17(16)20(25)23-22-18/h4-11,13H,3,12H2,1-2H3,(H,21,24)(H,23,25). The van der Waals surface area contributed by atoms with Crippen molar-refractivity contribution in [1.82, 2.24) is 15.5 Å². The van der Waals surface area contributed by atoms with E-state index in [4.69, 9.17) is 0 Å². The Labute approximate surface area is 146 Å². The number of carbonyl (C=O) groups is 1. The predicted octanol–water partition coefficient (Wildman–Crippen LogP) is 2.91. The minimum absolute atomic E-state index is 0.0903. The van der Waals surface area contributed by atoms with Gasteiger partial charge in [0.05, 0.1) is 23.5 Å². The molecule has 1 aromatic heterocycles. The molecule has 0 radical (unpaired) electrons. The Hall–Kier alpha value is -2.95. The number of amides is 1. The number of fused-ring (bicyclic) bond motifs is 1. The summed E-state index contributed by atoms with van der Waals surface area (Å²) in [6, 6.07) is 15.3. The Balaban J connectivity index is 1.74. The Morgan fingerprint density at radius 1 is 1.12 bits per heavy atom. The Bertz CT molecular complexity index is 945. The molecule has 1 unspecified atom stereocenters. The average molecular weight is 335 g/mol. The van der Waals surface area contributed by atoms with E-state index in [-0.39, 0.29) is 23.9 Å². The van der Waals surface area contributed by atoms with E-state index in [0.717, 1.165) is 12.0 Å². The van der Waals surface area contributed by atoms with Gasteiger partial charge in [0.15, 0.2) is 0 Å². The number of aryl methyl sites for hydroxylation is 1. The van der Waals surface area contributed by atoms with Gasteiger partial charge in [-0.2, -0.15) is 5.10 Å². The van der Waals surface area contributed by atoms with Gasteiger partial charge in [-0.25, -0.2) is 5.10 Å². The van der Waals surface area contributed by atoms with Crippen molar-refractivity contribution in [3.05, 3.63) is 75.7 Å². The molecule has 0 saturated carbocycles. The van der Waals surface area contributed by atoms with E-state index in [1.165, 1.54) is 5.56 Å². The molecule has 2 aromatic carbocycles. The average Bonchev–Trinajstić information content (AvgIpc) is 2.64. The molecule has 1 atom stereocenters. The summed E-state index contributed by atoms with van der Waals surface area (Å²) in [4.78, 5) is 24.2. The van der Waals surface area contributed by atoms with E-state index < -0.39 is 0 Å². The quantitative estimate of drug-likeness (QED) is 0.753. The molecule has 128 valence electrons. The van der Waals surface area contributed by atoms with Crippen molar-refractivity contribution in [3.8, 4) is 0 Å². The highest BCUT2D eigenvalue weighted by Gasteiger charge is 2.13. The lowest BCUT2D eigenvalue weighted by Gasteiger charge is -2.15. The summed E-state index contributed by atoms with van der Waals surface area (Å²) in [6.45, 7) is 4.07. The third-order valence-electron chi connectivity index (χ3n) is 4.37. The highest BCUT2D eigenvalue weighted by Crippen LogP contribution is 2.16. The van der Waals surface area contributed by atoms with Gasteiger partial charge in [-0.15, -0.1) is 0 Å². The van der Waals surface area contributed by atoms with Crippen LogP contribution in [0.25, 0.3) is 10.8 Å². The smallest absolute Gasteiger partial charge is 0.272 e. The molecule has 1 amide bonds. The normalized spacial score (nSPS) is 12.1. The molecule has 5 heteroatoms. The van der Waals surface area contributed by atoms with E-state index in [0.29, 0.717) is 16.5 Å². The van der Waals surface area contributed by atoms with Crippen LogP contribution in [-0.2, 0) is 17.6 Å². The van der Waals surface area contributed by atoms with E-state index in [2.05, 4.69) is 34.6 Å². The summed E-state index contributed by atoms with van der Waals surface area (Å²) < 4.78 is 0. The van der Waals surface area contributed by atoms with E-state index in [1.807, 2.05) is 31.2 Å². The van der Waals surface area contributed by atoms with Crippen LogP contribution in [0.5, 0.6) is 0 Å². The fourth-order valence-corrected chi connectivity index (χ4v) is 2.88. The fraction of sp³-hybridized carbons (Fsp3) is 0.250. The molecule has 3 aromatic rings.